The minimum absolute atomic E-state index is 0.109. The predicted octanol–water partition coefficient (Wildman–Crippen LogP) is 27.3. The molecule has 0 heterocycles. The van der Waals surface area contributed by atoms with E-state index in [0.717, 1.165) is 89.9 Å². The highest BCUT2D eigenvalue weighted by Gasteiger charge is 2.30. The third-order valence-electron chi connectivity index (χ3n) is 20.9. The first kappa shape index (κ1) is 105. The van der Waals surface area contributed by atoms with Crippen LogP contribution in [0.2, 0.25) is 0 Å². The van der Waals surface area contributed by atoms with Gasteiger partial charge in [0.1, 0.15) is 19.3 Å². The quantitative estimate of drug-likeness (QED) is 0.0222. The molecular formula is C88H172O17P2. The Morgan fingerprint density at radius 2 is 0.374 bits per heavy atom. The standard InChI is InChI=1S/C88H172O17P2/c1-5-9-13-17-21-25-28-31-34-37-39-41-43-45-48-50-53-57-61-65-69-73-86(91)99-79-84(105-88(93)75-71-67-63-59-55-52-49-46-44-42-40-38-35-32-29-26-22-18-14-10-6-2)81-103-107(96,97)101-77-82(89)76-100-106(94,95)102-80-83(78-98-85(90)72-68-64-60-56-24-20-16-12-8-4)104-87(92)74-70-66-62-58-54-51-47-36-33-30-27-23-19-15-11-7-3/h82-84,89H,5-81H2,1-4H3,(H,94,95)(H,96,97)/t82-,83+,84+/m0/s1. The Kier molecular flexibility index (Phi) is 80.6. The molecule has 19 heteroatoms. The zero-order chi connectivity index (χ0) is 78.1. The van der Waals surface area contributed by atoms with E-state index in [4.69, 9.17) is 37.0 Å². The van der Waals surface area contributed by atoms with Crippen LogP contribution in [-0.2, 0) is 65.4 Å². The highest BCUT2D eigenvalue weighted by atomic mass is 31.2. The molecule has 0 amide bonds. The van der Waals surface area contributed by atoms with Crippen molar-refractivity contribution >= 4 is 39.5 Å². The molecule has 107 heavy (non-hydrogen) atoms. The van der Waals surface area contributed by atoms with Crippen LogP contribution in [0.15, 0.2) is 0 Å². The van der Waals surface area contributed by atoms with Gasteiger partial charge in [0.05, 0.1) is 26.4 Å². The van der Waals surface area contributed by atoms with Crippen molar-refractivity contribution in [2.24, 2.45) is 0 Å². The minimum Gasteiger partial charge on any atom is -0.462 e. The van der Waals surface area contributed by atoms with Crippen LogP contribution in [0, 0.1) is 0 Å². The van der Waals surface area contributed by atoms with Crippen LogP contribution in [0.4, 0.5) is 0 Å². The van der Waals surface area contributed by atoms with Gasteiger partial charge >= 0.3 is 39.5 Å². The number of unbranched alkanes of at least 4 members (excludes halogenated alkanes) is 63. The van der Waals surface area contributed by atoms with Crippen LogP contribution in [0.3, 0.4) is 0 Å². The molecule has 0 aromatic heterocycles. The van der Waals surface area contributed by atoms with Crippen molar-refractivity contribution in [2.45, 2.75) is 502 Å². The molecule has 0 aliphatic heterocycles. The molecule has 17 nitrogen and oxygen atoms in total. The molecule has 0 saturated heterocycles. The van der Waals surface area contributed by atoms with Gasteiger partial charge in [0.25, 0.3) is 0 Å². The molecule has 0 rings (SSSR count). The Bertz CT molecular complexity index is 2020. The maximum atomic E-state index is 13.2. The number of esters is 4. The van der Waals surface area contributed by atoms with Gasteiger partial charge in [-0.2, -0.15) is 0 Å². The highest BCUT2D eigenvalue weighted by molar-refractivity contribution is 7.47. The number of rotatable bonds is 89. The molecule has 0 aliphatic carbocycles. The Balaban J connectivity index is 5.19. The summed E-state index contributed by atoms with van der Waals surface area (Å²) in [7, 11) is -9.93. The van der Waals surface area contributed by atoms with E-state index < -0.39 is 97.5 Å². The minimum atomic E-state index is -4.97. The number of phosphoric ester groups is 2. The van der Waals surface area contributed by atoms with Gasteiger partial charge in [0, 0.05) is 25.7 Å². The lowest BCUT2D eigenvalue weighted by Crippen LogP contribution is -2.30. The van der Waals surface area contributed by atoms with Gasteiger partial charge in [0.2, 0.25) is 0 Å². The lowest BCUT2D eigenvalue weighted by atomic mass is 10.0. The van der Waals surface area contributed by atoms with E-state index >= 15 is 0 Å². The average Bonchev–Trinajstić information content (AvgIpc) is 0.908. The summed E-state index contributed by atoms with van der Waals surface area (Å²) in [4.78, 5) is 73.2. The summed E-state index contributed by atoms with van der Waals surface area (Å²) in [6.45, 7) is 5.05. The van der Waals surface area contributed by atoms with Gasteiger partial charge in [-0.15, -0.1) is 0 Å². The monoisotopic (exact) mass is 1560 g/mol. The second kappa shape index (κ2) is 82.1. The molecular weight excluding hydrogens is 1390 g/mol. The molecule has 0 radical (unpaired) electrons. The summed E-state index contributed by atoms with van der Waals surface area (Å²) < 4.78 is 68.9. The first-order chi connectivity index (χ1) is 52.2. The van der Waals surface area contributed by atoms with Crippen molar-refractivity contribution in [2.75, 3.05) is 39.6 Å². The molecule has 0 fully saturated rings. The van der Waals surface area contributed by atoms with E-state index in [2.05, 4.69) is 27.7 Å². The lowest BCUT2D eigenvalue weighted by molar-refractivity contribution is -0.161. The summed E-state index contributed by atoms with van der Waals surface area (Å²) in [6, 6.07) is 0. The molecule has 2 unspecified atom stereocenters. The van der Waals surface area contributed by atoms with E-state index in [9.17, 15) is 43.2 Å². The normalized spacial score (nSPS) is 13.7. The summed E-state index contributed by atoms with van der Waals surface area (Å²) >= 11 is 0. The summed E-state index contributed by atoms with van der Waals surface area (Å²) in [5, 5.41) is 10.7. The molecule has 0 aromatic rings. The molecule has 0 bridgehead atoms. The number of hydrogen-bond donors (Lipinski definition) is 3. The van der Waals surface area contributed by atoms with E-state index in [1.54, 1.807) is 0 Å². The summed E-state index contributed by atoms with van der Waals surface area (Å²) in [5.41, 5.74) is 0. The second-order valence-electron chi connectivity index (χ2n) is 31.6. The maximum absolute atomic E-state index is 13.2. The Morgan fingerprint density at radius 3 is 0.551 bits per heavy atom. The van der Waals surface area contributed by atoms with Gasteiger partial charge in [-0.3, -0.25) is 37.3 Å². The number of aliphatic hydroxyl groups is 1. The van der Waals surface area contributed by atoms with Crippen molar-refractivity contribution in [1.82, 2.24) is 0 Å². The van der Waals surface area contributed by atoms with Crippen molar-refractivity contribution < 1.29 is 80.2 Å². The SMILES string of the molecule is CCCCCCCCCCCCCCCCCCCCCCCC(=O)OC[C@H](COP(=O)(O)OC[C@@H](O)COP(=O)(O)OC[C@@H](COC(=O)CCCCCCCCCCC)OC(=O)CCCCCCCCCCCCCCCCCC)OC(=O)CCCCCCCCCCCCCCCCCCCCCCC. The number of aliphatic hydroxyl groups excluding tert-OH is 1. The van der Waals surface area contributed by atoms with Crippen molar-refractivity contribution in [3.63, 3.8) is 0 Å². The number of hydrogen-bond acceptors (Lipinski definition) is 15. The molecule has 0 aliphatic rings. The Hall–Kier alpha value is -1.94. The van der Waals surface area contributed by atoms with E-state index in [0.29, 0.717) is 25.7 Å². The van der Waals surface area contributed by atoms with Crippen LogP contribution in [0.25, 0.3) is 0 Å². The van der Waals surface area contributed by atoms with E-state index in [-0.39, 0.29) is 25.7 Å². The van der Waals surface area contributed by atoms with E-state index in [1.165, 1.54) is 315 Å². The first-order valence-corrected chi connectivity index (χ1v) is 48.8. The molecule has 636 valence electrons. The largest absolute Gasteiger partial charge is 0.472 e. The fourth-order valence-corrected chi connectivity index (χ4v) is 15.5. The third-order valence-corrected chi connectivity index (χ3v) is 22.8. The number of phosphoric acid groups is 2. The van der Waals surface area contributed by atoms with Crippen molar-refractivity contribution in [3.05, 3.63) is 0 Å². The summed E-state index contributed by atoms with van der Waals surface area (Å²) in [5.74, 6) is -2.10. The van der Waals surface area contributed by atoms with Crippen molar-refractivity contribution in [1.29, 1.82) is 0 Å². The predicted molar refractivity (Wildman–Crippen MR) is 442 cm³/mol. The van der Waals surface area contributed by atoms with Crippen molar-refractivity contribution in [3.8, 4) is 0 Å². The maximum Gasteiger partial charge on any atom is 0.472 e. The smallest absolute Gasteiger partial charge is 0.462 e. The summed E-state index contributed by atoms with van der Waals surface area (Å²) in [6.07, 6.45) is 78.0. The number of carbonyl (C=O) groups excluding carboxylic acids is 4. The fraction of sp³-hybridized carbons (Fsp3) is 0.955. The average molecular weight is 1560 g/mol. The fourth-order valence-electron chi connectivity index (χ4n) is 13.9. The lowest BCUT2D eigenvalue weighted by Gasteiger charge is -2.21. The molecule has 0 saturated carbocycles. The van der Waals surface area contributed by atoms with Gasteiger partial charge < -0.3 is 33.8 Å². The zero-order valence-electron chi connectivity index (χ0n) is 70.1. The van der Waals surface area contributed by atoms with Crippen LogP contribution < -0.4 is 0 Å². The highest BCUT2D eigenvalue weighted by Crippen LogP contribution is 2.45. The van der Waals surface area contributed by atoms with Crippen LogP contribution in [0.5, 0.6) is 0 Å². The molecule has 0 aromatic carbocycles. The number of carbonyl (C=O) groups is 4. The first-order valence-electron chi connectivity index (χ1n) is 45.8. The molecule has 3 N–H and O–H groups in total. The van der Waals surface area contributed by atoms with Gasteiger partial charge in [0.15, 0.2) is 12.2 Å². The van der Waals surface area contributed by atoms with Gasteiger partial charge in [-0.05, 0) is 25.7 Å². The Morgan fingerprint density at radius 1 is 0.224 bits per heavy atom. The van der Waals surface area contributed by atoms with Gasteiger partial charge in [-0.1, -0.05) is 432 Å². The van der Waals surface area contributed by atoms with E-state index in [1.807, 2.05) is 0 Å². The second-order valence-corrected chi connectivity index (χ2v) is 34.5. The van der Waals surface area contributed by atoms with Crippen LogP contribution in [0.1, 0.15) is 484 Å². The third kappa shape index (κ3) is 81.9. The van der Waals surface area contributed by atoms with Crippen LogP contribution >= 0.6 is 15.6 Å². The molecule has 0 spiro atoms. The van der Waals surface area contributed by atoms with Crippen LogP contribution in [-0.4, -0.2) is 96.7 Å². The molecule has 5 atom stereocenters. The topological polar surface area (TPSA) is 237 Å². The Labute approximate surface area is 658 Å². The zero-order valence-corrected chi connectivity index (χ0v) is 71.9. The number of ether oxygens (including phenoxy) is 4. The van der Waals surface area contributed by atoms with Gasteiger partial charge in [-0.25, -0.2) is 9.13 Å².